The maximum absolute atomic E-state index is 13.8. The monoisotopic (exact) mass is 540 g/mol. The molecule has 0 atom stereocenters. The molecule has 1 aromatic carbocycles. The number of carbonyl (C=O) groups is 1. The molecule has 0 unspecified atom stereocenters. The van der Waals surface area contributed by atoms with Crippen molar-refractivity contribution >= 4 is 27.6 Å². The van der Waals surface area contributed by atoms with Crippen LogP contribution in [-0.4, -0.2) is 42.0 Å². The van der Waals surface area contributed by atoms with E-state index in [4.69, 9.17) is 5.11 Å². The van der Waals surface area contributed by atoms with Crippen molar-refractivity contribution in [3.8, 4) is 11.3 Å². The number of sulfonamides is 1. The van der Waals surface area contributed by atoms with E-state index in [0.29, 0.717) is 11.6 Å². The zero-order valence-corrected chi connectivity index (χ0v) is 20.9. The van der Waals surface area contributed by atoms with Gasteiger partial charge in [0.2, 0.25) is 0 Å². The number of benzene rings is 1. The Bertz CT molecular complexity index is 1410. The predicted octanol–water partition coefficient (Wildman–Crippen LogP) is 5.10. The number of aromatic nitrogens is 2. The largest absolute Gasteiger partial charge is 0.481 e. The lowest BCUT2D eigenvalue weighted by Gasteiger charge is -2.27. The Morgan fingerprint density at radius 3 is 2.43 bits per heavy atom. The van der Waals surface area contributed by atoms with Crippen molar-refractivity contribution in [3.63, 3.8) is 0 Å². The first-order chi connectivity index (χ1) is 17.2. The first-order valence-electron chi connectivity index (χ1n) is 11.0. The van der Waals surface area contributed by atoms with Gasteiger partial charge in [-0.3, -0.25) is 9.52 Å². The average molecular weight is 541 g/mol. The third kappa shape index (κ3) is 6.73. The number of hydrogen-bond acceptors (Lipinski definition) is 6. The fourth-order valence-electron chi connectivity index (χ4n) is 3.56. The van der Waals surface area contributed by atoms with E-state index in [9.17, 15) is 30.8 Å². The van der Waals surface area contributed by atoms with E-state index in [0.717, 1.165) is 18.2 Å². The number of nitrogens with zero attached hydrogens (tertiary/aromatic N) is 3. The molecule has 2 aromatic heterocycles. The quantitative estimate of drug-likeness (QED) is 0.363. The van der Waals surface area contributed by atoms with Crippen LogP contribution in [0.4, 0.5) is 29.2 Å². The molecule has 0 bridgehead atoms. The molecule has 3 rings (SSSR count). The second-order valence-corrected chi connectivity index (χ2v) is 10.0. The summed E-state index contributed by atoms with van der Waals surface area (Å²) >= 11 is 0. The van der Waals surface area contributed by atoms with Gasteiger partial charge < -0.3 is 10.0 Å². The summed E-state index contributed by atoms with van der Waals surface area (Å²) in [6, 6.07) is 8.72. The lowest BCUT2D eigenvalue weighted by atomic mass is 10.0. The summed E-state index contributed by atoms with van der Waals surface area (Å²) in [7, 11) is -4.41. The van der Waals surface area contributed by atoms with Crippen molar-refractivity contribution in [1.82, 2.24) is 9.97 Å². The zero-order valence-electron chi connectivity index (χ0n) is 20.0. The van der Waals surface area contributed by atoms with E-state index in [1.165, 1.54) is 31.2 Å². The molecule has 0 saturated heterocycles. The molecule has 2 heterocycles. The number of anilines is 2. The first-order valence-corrected chi connectivity index (χ1v) is 12.5. The highest BCUT2D eigenvalue weighted by atomic mass is 32.2. The van der Waals surface area contributed by atoms with Crippen LogP contribution in [0.2, 0.25) is 0 Å². The van der Waals surface area contributed by atoms with Gasteiger partial charge in [0, 0.05) is 18.2 Å². The van der Waals surface area contributed by atoms with Crippen molar-refractivity contribution in [2.45, 2.75) is 44.4 Å². The first kappa shape index (κ1) is 27.8. The summed E-state index contributed by atoms with van der Waals surface area (Å²) in [5.41, 5.74) is -1.62. The zero-order chi connectivity index (χ0) is 27.5. The Labute approximate surface area is 211 Å². The molecule has 0 aliphatic heterocycles. The number of alkyl halides is 3. The number of halogens is 4. The lowest BCUT2D eigenvalue weighted by Crippen LogP contribution is -2.34. The second-order valence-electron chi connectivity index (χ2n) is 8.42. The average Bonchev–Trinajstić information content (AvgIpc) is 2.79. The Morgan fingerprint density at radius 2 is 1.81 bits per heavy atom. The number of carboxylic acids is 1. The van der Waals surface area contributed by atoms with E-state index in [1.807, 2.05) is 0 Å². The molecule has 3 aromatic rings. The maximum Gasteiger partial charge on any atom is 0.418 e. The molecule has 2 N–H and O–H groups in total. The van der Waals surface area contributed by atoms with Crippen LogP contribution < -0.4 is 9.62 Å². The number of pyridine rings is 2. The maximum atomic E-state index is 13.8. The van der Waals surface area contributed by atoms with E-state index in [-0.39, 0.29) is 30.4 Å². The van der Waals surface area contributed by atoms with Crippen molar-refractivity contribution < 1.29 is 35.9 Å². The minimum Gasteiger partial charge on any atom is -0.481 e. The van der Waals surface area contributed by atoms with Crippen molar-refractivity contribution in [1.29, 1.82) is 0 Å². The normalized spacial score (nSPS) is 12.0. The molecule has 37 heavy (non-hydrogen) atoms. The van der Waals surface area contributed by atoms with Gasteiger partial charge in [0.15, 0.2) is 5.03 Å². The molecule has 0 radical (unpaired) electrons. The highest BCUT2D eigenvalue weighted by Gasteiger charge is 2.35. The number of aryl methyl sites for hydroxylation is 1. The summed E-state index contributed by atoms with van der Waals surface area (Å²) in [5, 5.41) is 8.55. The van der Waals surface area contributed by atoms with E-state index in [2.05, 4.69) is 14.7 Å². The van der Waals surface area contributed by atoms with E-state index < -0.39 is 50.1 Å². The van der Waals surface area contributed by atoms with Gasteiger partial charge in [0.05, 0.1) is 17.7 Å². The number of carboxylic acid groups (broad SMARTS) is 1. The number of rotatable bonds is 9. The van der Waals surface area contributed by atoms with E-state index in [1.54, 1.807) is 18.7 Å². The summed E-state index contributed by atoms with van der Waals surface area (Å²) in [4.78, 5) is 20.6. The number of hydrogen-bond donors (Lipinski definition) is 2. The number of nitrogens with one attached hydrogen (secondary N) is 1. The van der Waals surface area contributed by atoms with E-state index >= 15 is 0 Å². The van der Waals surface area contributed by atoms with Crippen LogP contribution in [0.5, 0.6) is 0 Å². The molecule has 0 saturated carbocycles. The fraction of sp³-hybridized carbons (Fsp3) is 0.292. The molecule has 0 aliphatic carbocycles. The third-order valence-electron chi connectivity index (χ3n) is 5.36. The van der Waals surface area contributed by atoms with Crippen LogP contribution >= 0.6 is 0 Å². The fourth-order valence-corrected chi connectivity index (χ4v) is 4.52. The molecule has 0 aliphatic rings. The molecule has 8 nitrogen and oxygen atoms in total. The predicted molar refractivity (Wildman–Crippen MR) is 129 cm³/mol. The smallest absolute Gasteiger partial charge is 0.418 e. The van der Waals surface area contributed by atoms with Gasteiger partial charge in [0.1, 0.15) is 17.5 Å². The summed E-state index contributed by atoms with van der Waals surface area (Å²) in [5.74, 6) is -2.03. The van der Waals surface area contributed by atoms with Crippen LogP contribution in [0.15, 0.2) is 53.6 Å². The molecular weight excluding hydrogens is 516 g/mol. The van der Waals surface area contributed by atoms with Gasteiger partial charge in [-0.05, 0) is 62.7 Å². The second kappa shape index (κ2) is 10.7. The number of aliphatic carboxylic acids is 1. The minimum absolute atomic E-state index is 0.0771. The summed E-state index contributed by atoms with van der Waals surface area (Å²) in [6.45, 7) is 5.12. The molecular formula is C24H24F4N4O4S. The van der Waals surface area contributed by atoms with Gasteiger partial charge >= 0.3 is 12.1 Å². The van der Waals surface area contributed by atoms with Crippen LogP contribution in [0, 0.1) is 12.7 Å². The van der Waals surface area contributed by atoms with Crippen molar-refractivity contribution in [3.05, 3.63) is 65.5 Å². The van der Waals surface area contributed by atoms with Crippen molar-refractivity contribution in [2.24, 2.45) is 0 Å². The Balaban J connectivity index is 2.01. The van der Waals surface area contributed by atoms with Crippen LogP contribution in [-0.2, 0) is 21.0 Å². The van der Waals surface area contributed by atoms with Crippen LogP contribution in [0.3, 0.4) is 0 Å². The summed E-state index contributed by atoms with van der Waals surface area (Å²) < 4.78 is 83.1. The Kier molecular flexibility index (Phi) is 8.06. The lowest BCUT2D eigenvalue weighted by molar-refractivity contribution is -0.138. The van der Waals surface area contributed by atoms with Gasteiger partial charge in [-0.15, -0.1) is 0 Å². The van der Waals surface area contributed by atoms with Gasteiger partial charge in [0.25, 0.3) is 10.0 Å². The van der Waals surface area contributed by atoms with Crippen LogP contribution in [0.1, 0.15) is 31.4 Å². The molecule has 198 valence electrons. The highest BCUT2D eigenvalue weighted by molar-refractivity contribution is 7.92. The SMILES string of the molecule is Cc1ccc(F)cc1-c1nc(NS(=O)(=O)c2cccc(N(CCC(=O)O)C(C)C)n2)ccc1C(F)(F)F. The minimum atomic E-state index is -4.83. The molecule has 13 heteroatoms. The Morgan fingerprint density at radius 1 is 1.11 bits per heavy atom. The molecule has 0 spiro atoms. The Hall–Kier alpha value is -3.74. The van der Waals surface area contributed by atoms with Gasteiger partial charge in [-0.2, -0.15) is 21.6 Å². The van der Waals surface area contributed by atoms with Gasteiger partial charge in [-0.25, -0.2) is 14.4 Å². The summed E-state index contributed by atoms with van der Waals surface area (Å²) in [6.07, 6.45) is -5.03. The molecule has 0 fully saturated rings. The van der Waals surface area contributed by atoms with Crippen LogP contribution in [0.25, 0.3) is 11.3 Å². The van der Waals surface area contributed by atoms with Crippen molar-refractivity contribution in [2.75, 3.05) is 16.2 Å². The highest BCUT2D eigenvalue weighted by Crippen LogP contribution is 2.38. The topological polar surface area (TPSA) is 112 Å². The standard InChI is InChI=1S/C24H24F4N4O4S/c1-14(2)32(12-11-22(33)34)20-5-4-6-21(30-20)37(35,36)31-19-10-9-18(24(26,27)28)23(29-19)17-13-16(25)8-7-15(17)3/h4-10,13-14H,11-12H2,1-3H3,(H,29,31)(H,33,34). The third-order valence-corrected chi connectivity index (χ3v) is 6.62. The van der Waals surface area contributed by atoms with Gasteiger partial charge in [-0.1, -0.05) is 12.1 Å². The molecule has 0 amide bonds.